The zero-order valence-corrected chi connectivity index (χ0v) is 16.9. The largest absolute Gasteiger partial charge is 0.463 e. The molecule has 0 amide bonds. The second kappa shape index (κ2) is 7.47. The minimum absolute atomic E-state index is 0.0737. The summed E-state index contributed by atoms with van der Waals surface area (Å²) in [5.41, 5.74) is 3.06. The summed E-state index contributed by atoms with van der Waals surface area (Å²) >= 11 is 0. The van der Waals surface area contributed by atoms with Gasteiger partial charge in [-0.05, 0) is 32.4 Å². The number of nitrogens with one attached hydrogen (secondary N) is 1. The van der Waals surface area contributed by atoms with E-state index in [9.17, 15) is 13.2 Å². The van der Waals surface area contributed by atoms with Crippen LogP contribution in [0.25, 0.3) is 0 Å². The minimum Gasteiger partial charge on any atom is -0.463 e. The number of aryl methyl sites for hydroxylation is 1. The number of hydrogen-bond acceptors (Lipinski definition) is 6. The van der Waals surface area contributed by atoms with Crippen LogP contribution in [-0.2, 0) is 27.7 Å². The molecule has 0 saturated carbocycles. The van der Waals surface area contributed by atoms with E-state index in [0.717, 1.165) is 23.5 Å². The average molecular weight is 396 g/mol. The van der Waals surface area contributed by atoms with Gasteiger partial charge in [0.25, 0.3) is 0 Å². The van der Waals surface area contributed by atoms with Gasteiger partial charge in [-0.2, -0.15) is 5.10 Å². The molecular formula is C18H26N3O5S+. The highest BCUT2D eigenvalue weighted by Crippen LogP contribution is 2.26. The van der Waals surface area contributed by atoms with E-state index >= 15 is 0 Å². The van der Waals surface area contributed by atoms with Crippen LogP contribution in [0.5, 0.6) is 0 Å². The summed E-state index contributed by atoms with van der Waals surface area (Å²) < 4.78 is 35.6. The number of nitrogens with zero attached hydrogens (tertiary/aromatic N) is 2. The van der Waals surface area contributed by atoms with Crippen LogP contribution in [-0.4, -0.2) is 49.8 Å². The molecule has 0 aromatic carbocycles. The molecule has 0 aliphatic carbocycles. The Bertz CT molecular complexity index is 944. The Labute approximate surface area is 159 Å². The van der Waals surface area contributed by atoms with Gasteiger partial charge in [-0.25, -0.2) is 13.2 Å². The molecule has 1 aliphatic rings. The smallest absolute Gasteiger partial charge is 0.373 e. The SMILES string of the molecule is COC(=O)c1ccc(C[NH+](C)Cc2c(C)nn([C@H]3CCS(=O)(=O)C3)c2C)o1. The van der Waals surface area contributed by atoms with Crippen LogP contribution >= 0.6 is 0 Å². The molecule has 1 aliphatic heterocycles. The Kier molecular flexibility index (Phi) is 5.43. The van der Waals surface area contributed by atoms with Crippen molar-refractivity contribution in [2.75, 3.05) is 25.7 Å². The molecule has 8 nitrogen and oxygen atoms in total. The van der Waals surface area contributed by atoms with Crippen molar-refractivity contribution >= 4 is 15.8 Å². The fourth-order valence-electron chi connectivity index (χ4n) is 3.62. The molecule has 1 unspecified atom stereocenters. The Morgan fingerprint density at radius 2 is 2.11 bits per heavy atom. The summed E-state index contributed by atoms with van der Waals surface area (Å²) in [5, 5.41) is 4.61. The molecule has 148 valence electrons. The lowest BCUT2D eigenvalue weighted by atomic mass is 10.1. The van der Waals surface area contributed by atoms with Crippen molar-refractivity contribution in [1.82, 2.24) is 9.78 Å². The van der Waals surface area contributed by atoms with Gasteiger partial charge in [-0.1, -0.05) is 0 Å². The summed E-state index contributed by atoms with van der Waals surface area (Å²) in [6, 6.07) is 3.32. The fraction of sp³-hybridized carbons (Fsp3) is 0.556. The van der Waals surface area contributed by atoms with Gasteiger partial charge in [0.15, 0.2) is 15.6 Å². The molecule has 1 saturated heterocycles. The highest BCUT2D eigenvalue weighted by atomic mass is 32.2. The maximum atomic E-state index is 11.8. The maximum absolute atomic E-state index is 11.8. The van der Waals surface area contributed by atoms with Crippen molar-refractivity contribution in [3.05, 3.63) is 40.6 Å². The van der Waals surface area contributed by atoms with E-state index in [4.69, 9.17) is 4.42 Å². The van der Waals surface area contributed by atoms with Crippen molar-refractivity contribution in [3.63, 3.8) is 0 Å². The number of carbonyl (C=O) groups is 1. The number of furan rings is 1. The van der Waals surface area contributed by atoms with E-state index < -0.39 is 15.8 Å². The molecule has 1 N–H and O–H groups in total. The van der Waals surface area contributed by atoms with Crippen molar-refractivity contribution in [2.24, 2.45) is 0 Å². The van der Waals surface area contributed by atoms with E-state index in [1.807, 2.05) is 25.6 Å². The maximum Gasteiger partial charge on any atom is 0.373 e. The molecule has 9 heteroatoms. The first-order chi connectivity index (χ1) is 12.7. The lowest BCUT2D eigenvalue weighted by Gasteiger charge is -2.14. The quantitative estimate of drug-likeness (QED) is 0.713. The van der Waals surface area contributed by atoms with Gasteiger partial charge in [0.1, 0.15) is 13.1 Å². The Balaban J connectivity index is 1.70. The Morgan fingerprint density at radius 1 is 1.37 bits per heavy atom. The van der Waals surface area contributed by atoms with Crippen molar-refractivity contribution in [1.29, 1.82) is 0 Å². The molecule has 0 spiro atoms. The number of sulfone groups is 1. The summed E-state index contributed by atoms with van der Waals surface area (Å²) in [4.78, 5) is 12.7. The number of methoxy groups -OCH3 is 1. The van der Waals surface area contributed by atoms with E-state index in [2.05, 4.69) is 9.84 Å². The number of aromatic nitrogens is 2. The molecule has 3 rings (SSSR count). The number of carbonyl (C=O) groups excluding carboxylic acids is 1. The first-order valence-corrected chi connectivity index (χ1v) is 10.8. The fourth-order valence-corrected chi connectivity index (χ4v) is 5.31. The number of hydrogen-bond donors (Lipinski definition) is 1. The number of ether oxygens (including phenoxy) is 1. The van der Waals surface area contributed by atoms with Gasteiger partial charge in [0.05, 0.1) is 43.0 Å². The topological polar surface area (TPSA) is 95.8 Å². The van der Waals surface area contributed by atoms with E-state index in [1.54, 1.807) is 12.1 Å². The summed E-state index contributed by atoms with van der Waals surface area (Å²) in [6.45, 7) is 5.29. The Morgan fingerprint density at radius 3 is 2.74 bits per heavy atom. The first-order valence-electron chi connectivity index (χ1n) is 8.93. The molecule has 0 radical (unpaired) electrons. The average Bonchev–Trinajstić information content (AvgIpc) is 3.28. The molecule has 2 atom stereocenters. The highest BCUT2D eigenvalue weighted by molar-refractivity contribution is 7.91. The first kappa shape index (κ1) is 19.6. The number of rotatable bonds is 6. The zero-order valence-electron chi connectivity index (χ0n) is 16.1. The van der Waals surface area contributed by atoms with Gasteiger partial charge in [0.2, 0.25) is 5.76 Å². The van der Waals surface area contributed by atoms with Crippen LogP contribution < -0.4 is 4.90 Å². The molecule has 1 fully saturated rings. The van der Waals surface area contributed by atoms with Crippen molar-refractivity contribution in [3.8, 4) is 0 Å². The van der Waals surface area contributed by atoms with E-state index in [0.29, 0.717) is 18.7 Å². The van der Waals surface area contributed by atoms with Crippen LogP contribution in [0.15, 0.2) is 16.5 Å². The van der Waals surface area contributed by atoms with E-state index in [1.165, 1.54) is 12.0 Å². The monoisotopic (exact) mass is 396 g/mol. The van der Waals surface area contributed by atoms with Crippen LogP contribution in [0, 0.1) is 13.8 Å². The zero-order chi connectivity index (χ0) is 19.8. The van der Waals surface area contributed by atoms with Crippen LogP contribution in [0.1, 0.15) is 45.7 Å². The lowest BCUT2D eigenvalue weighted by molar-refractivity contribution is -0.908. The molecular weight excluding hydrogens is 370 g/mol. The summed E-state index contributed by atoms with van der Waals surface area (Å²) in [5.74, 6) is 0.816. The number of quaternary nitrogens is 1. The molecule has 2 aromatic heterocycles. The Hall–Kier alpha value is -2.13. The van der Waals surface area contributed by atoms with Crippen molar-refractivity contribution in [2.45, 2.75) is 39.4 Å². The highest BCUT2D eigenvalue weighted by Gasteiger charge is 2.31. The predicted molar refractivity (Wildman–Crippen MR) is 98.4 cm³/mol. The minimum atomic E-state index is -2.95. The summed E-state index contributed by atoms with van der Waals surface area (Å²) in [6.07, 6.45) is 0.620. The normalized spacial score (nSPS) is 19.9. The number of esters is 1. The third-order valence-electron chi connectivity index (χ3n) is 5.03. The second-order valence-corrected chi connectivity index (χ2v) is 9.45. The van der Waals surface area contributed by atoms with Crippen LogP contribution in [0.2, 0.25) is 0 Å². The van der Waals surface area contributed by atoms with E-state index in [-0.39, 0.29) is 23.3 Å². The van der Waals surface area contributed by atoms with Gasteiger partial charge < -0.3 is 14.1 Å². The molecule has 0 bridgehead atoms. The summed E-state index contributed by atoms with van der Waals surface area (Å²) in [7, 11) is 0.408. The van der Waals surface area contributed by atoms with Gasteiger partial charge >= 0.3 is 5.97 Å². The van der Waals surface area contributed by atoms with Crippen molar-refractivity contribution < 1.29 is 27.3 Å². The second-order valence-electron chi connectivity index (χ2n) is 7.22. The van der Waals surface area contributed by atoms with Gasteiger partial charge in [-0.15, -0.1) is 0 Å². The standard InChI is InChI=1S/C18H25N3O5S/c1-12-16(13(2)21(19-12)14-7-8-27(23,24)11-14)10-20(3)9-15-5-6-17(26-15)18(22)25-4/h5-6,14H,7-11H2,1-4H3/p+1/t14-/m0/s1. The third kappa shape index (κ3) is 4.24. The van der Waals surface area contributed by atoms with Crippen LogP contribution in [0.4, 0.5) is 0 Å². The van der Waals surface area contributed by atoms with Gasteiger partial charge in [0, 0.05) is 5.69 Å². The lowest BCUT2D eigenvalue weighted by Crippen LogP contribution is -3.06. The molecule has 3 heterocycles. The van der Waals surface area contributed by atoms with Gasteiger partial charge in [-0.3, -0.25) is 4.68 Å². The molecule has 2 aromatic rings. The third-order valence-corrected chi connectivity index (χ3v) is 6.78. The predicted octanol–water partition coefficient (Wildman–Crippen LogP) is 0.454. The van der Waals surface area contributed by atoms with Crippen LogP contribution in [0.3, 0.4) is 0 Å². The molecule has 27 heavy (non-hydrogen) atoms.